The molecule has 1 unspecified atom stereocenters. The number of allylic oxidation sites excluding steroid dienone is 1. The lowest BCUT2D eigenvalue weighted by Gasteiger charge is -2.06. The smallest absolute Gasteiger partial charge is 0.149 e. The molecular formula is C13H12F2NOP. The molecule has 5 heteroatoms. The van der Waals surface area contributed by atoms with Crippen LogP contribution < -0.4 is 0 Å². The zero-order chi connectivity index (χ0) is 13.4. The van der Waals surface area contributed by atoms with Gasteiger partial charge in [0.15, 0.2) is 0 Å². The maximum Gasteiger partial charge on any atom is 0.149 e. The van der Waals surface area contributed by atoms with Crippen molar-refractivity contribution in [1.29, 1.82) is 0 Å². The van der Waals surface area contributed by atoms with E-state index in [2.05, 4.69) is 16.0 Å². The van der Waals surface area contributed by atoms with E-state index in [0.29, 0.717) is 11.1 Å². The maximum atomic E-state index is 13.7. The van der Waals surface area contributed by atoms with E-state index in [0.717, 1.165) is 12.1 Å². The van der Waals surface area contributed by atoms with Crippen molar-refractivity contribution >= 4 is 15.0 Å². The second kappa shape index (κ2) is 4.54. The summed E-state index contributed by atoms with van der Waals surface area (Å²) in [5, 5.41) is 10.1. The van der Waals surface area contributed by atoms with Gasteiger partial charge in [0.1, 0.15) is 17.4 Å². The van der Waals surface area contributed by atoms with Crippen LogP contribution in [-0.4, -0.2) is 9.44 Å². The number of hydrogen-bond donors (Lipinski definition) is 1. The third-order valence-electron chi connectivity index (χ3n) is 2.65. The Hall–Kier alpha value is -1.67. The van der Waals surface area contributed by atoms with E-state index >= 15 is 0 Å². The third kappa shape index (κ3) is 2.04. The van der Waals surface area contributed by atoms with Crippen molar-refractivity contribution in [3.05, 3.63) is 48.2 Å². The van der Waals surface area contributed by atoms with Gasteiger partial charge in [0.25, 0.3) is 0 Å². The molecule has 2 aromatic rings. The average molecular weight is 267 g/mol. The summed E-state index contributed by atoms with van der Waals surface area (Å²) < 4.78 is 28.1. The van der Waals surface area contributed by atoms with E-state index in [4.69, 9.17) is 0 Å². The zero-order valence-corrected chi connectivity index (χ0v) is 10.9. The molecule has 0 bridgehead atoms. The summed E-state index contributed by atoms with van der Waals surface area (Å²) in [4.78, 5) is 0. The predicted octanol–water partition coefficient (Wildman–Crippen LogP) is 3.81. The average Bonchev–Trinajstić information content (AvgIpc) is 2.56. The quantitative estimate of drug-likeness (QED) is 0.822. The Morgan fingerprint density at radius 1 is 1.39 bits per heavy atom. The van der Waals surface area contributed by atoms with E-state index in [1.807, 2.05) is 0 Å². The molecule has 1 aromatic heterocycles. The fourth-order valence-corrected chi connectivity index (χ4v) is 2.19. The van der Waals surface area contributed by atoms with Gasteiger partial charge in [0.2, 0.25) is 0 Å². The van der Waals surface area contributed by atoms with Crippen LogP contribution in [0.1, 0.15) is 12.5 Å². The van der Waals surface area contributed by atoms with Crippen LogP contribution in [0.4, 0.5) is 8.78 Å². The number of nitrogens with zero attached hydrogens (tertiary/aromatic N) is 1. The van der Waals surface area contributed by atoms with E-state index in [1.165, 1.54) is 10.4 Å². The Morgan fingerprint density at radius 2 is 2.06 bits per heavy atom. The van der Waals surface area contributed by atoms with Crippen molar-refractivity contribution in [2.45, 2.75) is 6.92 Å². The fourth-order valence-electron chi connectivity index (χ4n) is 1.78. The van der Waals surface area contributed by atoms with Gasteiger partial charge < -0.3 is 9.44 Å². The summed E-state index contributed by atoms with van der Waals surface area (Å²) in [6.07, 6.45) is 1.63. The van der Waals surface area contributed by atoms with Crippen molar-refractivity contribution in [2.24, 2.45) is 0 Å². The van der Waals surface area contributed by atoms with E-state index < -0.39 is 11.6 Å². The van der Waals surface area contributed by atoms with Crippen LogP contribution in [0.15, 0.2) is 31.0 Å². The van der Waals surface area contributed by atoms with Crippen molar-refractivity contribution in [2.75, 3.05) is 0 Å². The number of aromatic nitrogens is 1. The molecule has 0 fully saturated rings. The van der Waals surface area contributed by atoms with Gasteiger partial charge in [-0.05, 0) is 34.0 Å². The van der Waals surface area contributed by atoms with Crippen LogP contribution in [0.3, 0.4) is 0 Å². The van der Waals surface area contributed by atoms with E-state index in [-0.39, 0.29) is 17.0 Å². The van der Waals surface area contributed by atoms with Crippen LogP contribution in [-0.2, 0) is 0 Å². The first kappa shape index (κ1) is 12.8. The van der Waals surface area contributed by atoms with Gasteiger partial charge in [0, 0.05) is 23.4 Å². The molecule has 2 rings (SSSR count). The molecule has 18 heavy (non-hydrogen) atoms. The summed E-state index contributed by atoms with van der Waals surface area (Å²) in [7, 11) is 2.35. The first-order valence-electron chi connectivity index (χ1n) is 5.22. The Bertz CT molecular complexity index is 634. The normalized spacial score (nSPS) is 10.7. The SMILES string of the molecule is C=C(C)c1cn(P)c(-c2ccc(F)cc2F)c1O. The molecule has 1 aromatic carbocycles. The van der Waals surface area contributed by atoms with Crippen molar-refractivity contribution in [1.82, 2.24) is 4.34 Å². The van der Waals surface area contributed by atoms with Crippen LogP contribution in [0.2, 0.25) is 0 Å². The van der Waals surface area contributed by atoms with Gasteiger partial charge in [-0.1, -0.05) is 6.58 Å². The van der Waals surface area contributed by atoms with Crippen molar-refractivity contribution < 1.29 is 13.9 Å². The molecule has 0 aliphatic heterocycles. The lowest BCUT2D eigenvalue weighted by Crippen LogP contribution is -1.89. The number of halogens is 2. The number of hydrogen-bond acceptors (Lipinski definition) is 1. The summed E-state index contributed by atoms with van der Waals surface area (Å²) in [6, 6.07) is 3.23. The van der Waals surface area contributed by atoms with Crippen LogP contribution in [0, 0.1) is 11.6 Å². The van der Waals surface area contributed by atoms with Crippen LogP contribution in [0.5, 0.6) is 5.75 Å². The van der Waals surface area contributed by atoms with Crippen molar-refractivity contribution in [3.8, 4) is 17.0 Å². The molecule has 0 aliphatic rings. The fraction of sp³-hybridized carbons (Fsp3) is 0.0769. The lowest BCUT2D eigenvalue weighted by molar-refractivity contribution is 0.475. The molecule has 94 valence electrons. The molecular weight excluding hydrogens is 255 g/mol. The molecule has 1 heterocycles. The van der Waals surface area contributed by atoms with Crippen LogP contribution in [0.25, 0.3) is 16.8 Å². The van der Waals surface area contributed by atoms with Gasteiger partial charge in [-0.15, -0.1) is 0 Å². The van der Waals surface area contributed by atoms with Crippen molar-refractivity contribution in [3.63, 3.8) is 0 Å². The highest BCUT2D eigenvalue weighted by atomic mass is 31.0. The highest BCUT2D eigenvalue weighted by Crippen LogP contribution is 2.39. The predicted molar refractivity (Wildman–Crippen MR) is 71.3 cm³/mol. The second-order valence-corrected chi connectivity index (χ2v) is 4.61. The molecule has 1 atom stereocenters. The highest BCUT2D eigenvalue weighted by molar-refractivity contribution is 7.14. The van der Waals surface area contributed by atoms with E-state index in [1.54, 1.807) is 13.1 Å². The molecule has 0 saturated carbocycles. The van der Waals surface area contributed by atoms with Gasteiger partial charge in [0.05, 0.1) is 5.69 Å². The van der Waals surface area contributed by atoms with Gasteiger partial charge in [-0.25, -0.2) is 8.78 Å². The maximum absolute atomic E-state index is 13.7. The highest BCUT2D eigenvalue weighted by Gasteiger charge is 2.18. The Morgan fingerprint density at radius 3 is 2.56 bits per heavy atom. The number of benzene rings is 1. The minimum Gasteiger partial charge on any atom is -0.505 e. The minimum atomic E-state index is -0.722. The summed E-state index contributed by atoms with van der Waals surface area (Å²) >= 11 is 0. The number of aromatic hydroxyl groups is 1. The Balaban J connectivity index is 2.68. The molecule has 0 aliphatic carbocycles. The first-order chi connectivity index (χ1) is 8.41. The molecule has 0 spiro atoms. The molecule has 0 amide bonds. The standard InChI is InChI=1S/C13H12F2NOP/c1-7(2)10-6-16(18)12(13(10)17)9-4-3-8(14)5-11(9)15/h3-6,17H,1,18H2,2H3. The molecule has 0 saturated heterocycles. The third-order valence-corrected chi connectivity index (χ3v) is 3.06. The van der Waals surface area contributed by atoms with Gasteiger partial charge >= 0.3 is 0 Å². The Labute approximate surface area is 106 Å². The second-order valence-electron chi connectivity index (χ2n) is 4.05. The molecule has 0 radical (unpaired) electrons. The molecule has 1 N–H and O–H groups in total. The lowest BCUT2D eigenvalue weighted by atomic mass is 10.1. The van der Waals surface area contributed by atoms with Gasteiger partial charge in [-0.2, -0.15) is 0 Å². The topological polar surface area (TPSA) is 25.2 Å². The first-order valence-corrected chi connectivity index (χ1v) is 5.74. The monoisotopic (exact) mass is 267 g/mol. The largest absolute Gasteiger partial charge is 0.505 e. The van der Waals surface area contributed by atoms with Crippen LogP contribution >= 0.6 is 9.39 Å². The minimum absolute atomic E-state index is 0.0667. The zero-order valence-electron chi connectivity index (χ0n) is 9.74. The summed E-state index contributed by atoms with van der Waals surface area (Å²) in [5.41, 5.74) is 1.60. The summed E-state index contributed by atoms with van der Waals surface area (Å²) in [5.74, 6) is -1.44. The Kier molecular flexibility index (Phi) is 3.22. The summed E-state index contributed by atoms with van der Waals surface area (Å²) in [6.45, 7) is 5.48. The van der Waals surface area contributed by atoms with E-state index in [9.17, 15) is 13.9 Å². The van der Waals surface area contributed by atoms with Gasteiger partial charge in [-0.3, -0.25) is 0 Å². The molecule has 2 nitrogen and oxygen atoms in total. The number of rotatable bonds is 2.